The fraction of sp³-hybridized carbons (Fsp3) is 0.364. The Bertz CT molecular complexity index is 454. The molecule has 0 atom stereocenters. The Morgan fingerprint density at radius 2 is 1.94 bits per heavy atom. The first-order valence-corrected chi connectivity index (χ1v) is 6.92. The first kappa shape index (κ1) is 13.9. The van der Waals surface area contributed by atoms with E-state index >= 15 is 0 Å². The lowest BCUT2D eigenvalue weighted by Crippen LogP contribution is -2.32. The zero-order valence-corrected chi connectivity index (χ0v) is 12.0. The molecule has 0 spiro atoms. The topological polar surface area (TPSA) is 67.9 Å². The summed E-state index contributed by atoms with van der Waals surface area (Å²) >= 11 is 3.66. The predicted octanol–water partition coefficient (Wildman–Crippen LogP) is 2.62. The van der Waals surface area contributed by atoms with Gasteiger partial charge in [0.2, 0.25) is 0 Å². The number of hydrogen-bond donors (Lipinski definition) is 0. The van der Waals surface area contributed by atoms with Gasteiger partial charge in [0.1, 0.15) is 0 Å². The molecule has 0 aliphatic rings. The maximum Gasteiger partial charge on any atom is 0.254 e. The van der Waals surface area contributed by atoms with Crippen molar-refractivity contribution in [3.63, 3.8) is 0 Å². The summed E-state index contributed by atoms with van der Waals surface area (Å²) in [6.45, 7) is 0.757. The molecule has 0 radical (unpaired) electrons. The average molecular weight is 359 g/mol. The van der Waals surface area contributed by atoms with Crippen LogP contribution in [0.15, 0.2) is 11.4 Å². The Morgan fingerprint density at radius 1 is 1.35 bits per heavy atom. The van der Waals surface area contributed by atoms with E-state index in [9.17, 15) is 4.79 Å². The van der Waals surface area contributed by atoms with Crippen LogP contribution in [0.3, 0.4) is 0 Å². The van der Waals surface area contributed by atoms with E-state index in [0.717, 1.165) is 2.88 Å². The number of carbonyl (C=O) groups is 1. The average Bonchev–Trinajstić information content (AvgIpc) is 2.75. The maximum atomic E-state index is 12.1. The Balaban J connectivity index is 2.72. The fourth-order valence-electron chi connectivity index (χ4n) is 1.29. The highest BCUT2D eigenvalue weighted by Gasteiger charge is 2.16. The third-order valence-corrected chi connectivity index (χ3v) is 3.88. The summed E-state index contributed by atoms with van der Waals surface area (Å²) in [6, 6.07) is 5.84. The van der Waals surface area contributed by atoms with E-state index in [0.29, 0.717) is 31.5 Å². The molecule has 0 aromatic carbocycles. The molecule has 0 bridgehead atoms. The lowest BCUT2D eigenvalue weighted by atomic mass is 10.2. The van der Waals surface area contributed by atoms with Gasteiger partial charge >= 0.3 is 0 Å². The Morgan fingerprint density at radius 3 is 2.35 bits per heavy atom. The van der Waals surface area contributed by atoms with Crippen molar-refractivity contribution in [3.05, 3.63) is 19.9 Å². The highest BCUT2D eigenvalue weighted by Crippen LogP contribution is 2.18. The largest absolute Gasteiger partial charge is 0.337 e. The number of nitrogens with zero attached hydrogens (tertiary/aromatic N) is 3. The minimum Gasteiger partial charge on any atom is -0.337 e. The first-order chi connectivity index (χ1) is 8.19. The maximum absolute atomic E-state index is 12.1. The van der Waals surface area contributed by atoms with Crippen LogP contribution in [-0.2, 0) is 0 Å². The Hall–Kier alpha value is -1.12. The van der Waals surface area contributed by atoms with Gasteiger partial charge in [0.25, 0.3) is 5.91 Å². The van der Waals surface area contributed by atoms with Crippen molar-refractivity contribution in [3.8, 4) is 12.1 Å². The summed E-state index contributed by atoms with van der Waals surface area (Å²) in [5, 5.41) is 18.9. The number of nitriles is 2. The van der Waals surface area contributed by atoms with Crippen LogP contribution < -0.4 is 0 Å². The smallest absolute Gasteiger partial charge is 0.254 e. The molecule has 0 fully saturated rings. The molecule has 1 rings (SSSR count). The molecule has 1 heterocycles. The fourth-order valence-corrected chi connectivity index (χ4v) is 2.61. The van der Waals surface area contributed by atoms with Crippen LogP contribution in [0, 0.1) is 25.5 Å². The molecule has 0 N–H and O–H groups in total. The first-order valence-electron chi connectivity index (χ1n) is 4.96. The van der Waals surface area contributed by atoms with E-state index < -0.39 is 0 Å². The second kappa shape index (κ2) is 7.25. The molecular weight excluding hydrogens is 349 g/mol. The molecule has 1 aromatic rings. The van der Waals surface area contributed by atoms with Crippen molar-refractivity contribution in [2.45, 2.75) is 12.8 Å². The summed E-state index contributed by atoms with van der Waals surface area (Å²) in [7, 11) is 0. The van der Waals surface area contributed by atoms with Gasteiger partial charge in [-0.2, -0.15) is 10.5 Å². The van der Waals surface area contributed by atoms with Crippen LogP contribution in [0.1, 0.15) is 23.2 Å². The number of carbonyl (C=O) groups excluding carboxylic acids is 1. The van der Waals surface area contributed by atoms with Crippen LogP contribution in [0.2, 0.25) is 0 Å². The molecule has 0 aliphatic carbocycles. The van der Waals surface area contributed by atoms with E-state index in [-0.39, 0.29) is 5.91 Å². The number of halogens is 1. The summed E-state index contributed by atoms with van der Waals surface area (Å²) in [5.41, 5.74) is 0.635. The van der Waals surface area contributed by atoms with Crippen molar-refractivity contribution in [1.29, 1.82) is 10.5 Å². The predicted molar refractivity (Wildman–Crippen MR) is 73.4 cm³/mol. The van der Waals surface area contributed by atoms with Gasteiger partial charge in [-0.15, -0.1) is 11.3 Å². The van der Waals surface area contributed by atoms with Crippen LogP contribution in [0.5, 0.6) is 0 Å². The van der Waals surface area contributed by atoms with Gasteiger partial charge in [0.15, 0.2) is 0 Å². The van der Waals surface area contributed by atoms with Crippen LogP contribution >= 0.6 is 33.9 Å². The Labute approximate surface area is 118 Å². The van der Waals surface area contributed by atoms with Crippen molar-refractivity contribution in [2.24, 2.45) is 0 Å². The lowest BCUT2D eigenvalue weighted by molar-refractivity contribution is 0.0763. The van der Waals surface area contributed by atoms with Crippen molar-refractivity contribution < 1.29 is 4.79 Å². The van der Waals surface area contributed by atoms with Gasteiger partial charge in [-0.3, -0.25) is 4.79 Å². The molecule has 0 saturated heterocycles. The minimum absolute atomic E-state index is 0.102. The Kier molecular flexibility index (Phi) is 5.95. The van der Waals surface area contributed by atoms with Gasteiger partial charge in [0, 0.05) is 18.5 Å². The molecule has 88 valence electrons. The number of amides is 1. The third kappa shape index (κ3) is 4.33. The van der Waals surface area contributed by atoms with Gasteiger partial charge in [-0.1, -0.05) is 0 Å². The second-order valence-corrected chi connectivity index (χ2v) is 6.05. The molecule has 1 amide bonds. The molecule has 0 aliphatic heterocycles. The lowest BCUT2D eigenvalue weighted by Gasteiger charge is -2.19. The standard InChI is InChI=1S/C11H10IN3OS/c12-10-7-9(8-17-10)11(16)15(5-1-3-13)6-2-4-14/h7-8H,1-2,5-6H2. The summed E-state index contributed by atoms with van der Waals surface area (Å²) in [6.07, 6.45) is 0.580. The van der Waals surface area contributed by atoms with E-state index in [1.165, 1.54) is 11.3 Å². The quantitative estimate of drug-likeness (QED) is 0.759. The summed E-state index contributed by atoms with van der Waals surface area (Å²) < 4.78 is 1.05. The van der Waals surface area contributed by atoms with Crippen LogP contribution in [0.25, 0.3) is 0 Å². The van der Waals surface area contributed by atoms with E-state index in [2.05, 4.69) is 22.6 Å². The van der Waals surface area contributed by atoms with E-state index in [1.807, 2.05) is 18.2 Å². The zero-order valence-electron chi connectivity index (χ0n) is 9.02. The molecule has 6 heteroatoms. The van der Waals surface area contributed by atoms with Gasteiger partial charge in [-0.05, 0) is 28.7 Å². The van der Waals surface area contributed by atoms with Gasteiger partial charge in [0.05, 0.1) is 33.4 Å². The molecule has 0 saturated carbocycles. The molecule has 4 nitrogen and oxygen atoms in total. The number of rotatable bonds is 5. The van der Waals surface area contributed by atoms with Crippen LogP contribution in [-0.4, -0.2) is 23.9 Å². The van der Waals surface area contributed by atoms with Gasteiger partial charge in [-0.25, -0.2) is 0 Å². The van der Waals surface area contributed by atoms with Crippen LogP contribution in [0.4, 0.5) is 0 Å². The summed E-state index contributed by atoms with van der Waals surface area (Å²) in [4.78, 5) is 13.6. The summed E-state index contributed by atoms with van der Waals surface area (Å²) in [5.74, 6) is -0.102. The normalized spacial score (nSPS) is 9.35. The van der Waals surface area contributed by atoms with E-state index in [1.54, 1.807) is 10.3 Å². The van der Waals surface area contributed by atoms with Gasteiger partial charge < -0.3 is 4.90 Å². The number of hydrogen-bond acceptors (Lipinski definition) is 4. The van der Waals surface area contributed by atoms with Crippen molar-refractivity contribution >= 4 is 39.8 Å². The van der Waals surface area contributed by atoms with E-state index in [4.69, 9.17) is 10.5 Å². The second-order valence-electron chi connectivity index (χ2n) is 3.25. The number of thiophene rings is 1. The highest BCUT2D eigenvalue weighted by atomic mass is 127. The highest BCUT2D eigenvalue weighted by molar-refractivity contribution is 14.1. The molecule has 17 heavy (non-hydrogen) atoms. The third-order valence-electron chi connectivity index (χ3n) is 2.09. The monoisotopic (exact) mass is 359 g/mol. The van der Waals surface area contributed by atoms with Crippen molar-refractivity contribution in [1.82, 2.24) is 4.90 Å². The molecular formula is C11H10IN3OS. The minimum atomic E-state index is -0.102. The molecule has 0 unspecified atom stereocenters. The zero-order chi connectivity index (χ0) is 12.7. The van der Waals surface area contributed by atoms with Crippen molar-refractivity contribution in [2.75, 3.05) is 13.1 Å². The molecule has 1 aromatic heterocycles. The SMILES string of the molecule is N#CCCN(CCC#N)C(=O)c1csc(I)c1.